The first-order chi connectivity index (χ1) is 4.79. The van der Waals surface area contributed by atoms with Gasteiger partial charge in [0.15, 0.2) is 0 Å². The van der Waals surface area contributed by atoms with Gasteiger partial charge in [-0.15, -0.1) is 11.3 Å². The molecule has 10 heavy (non-hydrogen) atoms. The molecule has 0 nitrogen and oxygen atoms in total. The van der Waals surface area contributed by atoms with Crippen LogP contribution in [0.3, 0.4) is 0 Å². The lowest BCUT2D eigenvalue weighted by atomic mass is 10.1. The largest absolute Gasteiger partial charge is 0.148 e. The molecule has 1 aliphatic carbocycles. The van der Waals surface area contributed by atoms with Crippen molar-refractivity contribution in [2.45, 2.75) is 20.3 Å². The highest BCUT2D eigenvalue weighted by molar-refractivity contribution is 7.10. The fourth-order valence-corrected chi connectivity index (χ4v) is 2.49. The Hall–Kier alpha value is -0.560. The maximum Gasteiger partial charge on any atom is 0.00920 e. The molecule has 0 radical (unpaired) electrons. The zero-order valence-corrected chi connectivity index (χ0v) is 7.09. The lowest BCUT2D eigenvalue weighted by Gasteiger charge is -1.93. The van der Waals surface area contributed by atoms with E-state index in [0.29, 0.717) is 0 Å². The van der Waals surface area contributed by atoms with Crippen molar-refractivity contribution in [3.8, 4) is 0 Å². The van der Waals surface area contributed by atoms with Crippen molar-refractivity contribution in [2.24, 2.45) is 0 Å². The molecule has 1 aromatic rings. The van der Waals surface area contributed by atoms with Crippen molar-refractivity contribution in [1.82, 2.24) is 0 Å². The smallest absolute Gasteiger partial charge is 0.00920 e. The van der Waals surface area contributed by atoms with E-state index < -0.39 is 0 Å². The lowest BCUT2D eigenvalue weighted by molar-refractivity contribution is 1.34. The van der Waals surface area contributed by atoms with E-state index >= 15 is 0 Å². The first-order valence-electron chi connectivity index (χ1n) is 3.53. The molecule has 0 atom stereocenters. The number of fused-ring (bicyclic) bond motifs is 1. The molecule has 1 heteroatoms. The first kappa shape index (κ1) is 6.17. The van der Waals surface area contributed by atoms with E-state index in [4.69, 9.17) is 0 Å². The highest BCUT2D eigenvalue weighted by atomic mass is 32.1. The molecule has 0 aliphatic heterocycles. The molecule has 0 bridgehead atoms. The molecule has 52 valence electrons. The Morgan fingerprint density at radius 2 is 2.20 bits per heavy atom. The van der Waals surface area contributed by atoms with Crippen LogP contribution in [0.25, 0.3) is 5.57 Å². The minimum atomic E-state index is 1.16. The van der Waals surface area contributed by atoms with Crippen LogP contribution < -0.4 is 0 Å². The summed E-state index contributed by atoms with van der Waals surface area (Å²) in [7, 11) is 0. The van der Waals surface area contributed by atoms with Crippen molar-refractivity contribution in [2.75, 3.05) is 0 Å². The van der Waals surface area contributed by atoms with Crippen LogP contribution in [0.2, 0.25) is 0 Å². The monoisotopic (exact) mass is 150 g/mol. The average Bonchev–Trinajstić information content (AvgIpc) is 2.40. The van der Waals surface area contributed by atoms with E-state index in [2.05, 4.69) is 25.3 Å². The van der Waals surface area contributed by atoms with E-state index in [1.807, 2.05) is 11.3 Å². The minimum Gasteiger partial charge on any atom is -0.148 e. The third-order valence-electron chi connectivity index (χ3n) is 2.07. The summed E-state index contributed by atoms with van der Waals surface area (Å²) in [6.45, 7) is 4.40. The molecule has 1 aliphatic rings. The summed E-state index contributed by atoms with van der Waals surface area (Å²) in [5.41, 5.74) is 4.51. The van der Waals surface area contributed by atoms with E-state index in [1.165, 1.54) is 21.6 Å². The van der Waals surface area contributed by atoms with Gasteiger partial charge in [0.1, 0.15) is 0 Å². The third kappa shape index (κ3) is 0.671. The molecular weight excluding hydrogens is 140 g/mol. The van der Waals surface area contributed by atoms with Crippen LogP contribution >= 0.6 is 11.3 Å². The standard InChI is InChI=1S/C9H10S/c1-6-3-4-8-5-10-7(2)9(6)8/h3,5H,4H2,1-2H3. The summed E-state index contributed by atoms with van der Waals surface area (Å²) in [6, 6.07) is 0. The molecule has 1 aromatic heterocycles. The Morgan fingerprint density at radius 3 is 2.90 bits per heavy atom. The van der Waals surface area contributed by atoms with Crippen molar-refractivity contribution >= 4 is 16.9 Å². The van der Waals surface area contributed by atoms with Gasteiger partial charge in [0.2, 0.25) is 0 Å². The van der Waals surface area contributed by atoms with E-state index in [0.717, 1.165) is 6.42 Å². The van der Waals surface area contributed by atoms with Crippen LogP contribution in [0, 0.1) is 6.92 Å². The van der Waals surface area contributed by atoms with Crippen molar-refractivity contribution < 1.29 is 0 Å². The molecule has 0 spiro atoms. The Kier molecular flexibility index (Phi) is 1.21. The second-order valence-corrected chi connectivity index (χ2v) is 3.87. The van der Waals surface area contributed by atoms with Gasteiger partial charge in [0.25, 0.3) is 0 Å². The molecule has 0 aromatic carbocycles. The van der Waals surface area contributed by atoms with Crippen LogP contribution in [0.5, 0.6) is 0 Å². The van der Waals surface area contributed by atoms with Gasteiger partial charge >= 0.3 is 0 Å². The molecular formula is C9H10S. The molecule has 2 rings (SSSR count). The zero-order chi connectivity index (χ0) is 7.14. The van der Waals surface area contributed by atoms with Crippen LogP contribution in [0.15, 0.2) is 11.5 Å². The summed E-state index contributed by atoms with van der Waals surface area (Å²) in [5.74, 6) is 0. The zero-order valence-electron chi connectivity index (χ0n) is 6.27. The van der Waals surface area contributed by atoms with E-state index in [-0.39, 0.29) is 0 Å². The average molecular weight is 150 g/mol. The number of hydrogen-bond donors (Lipinski definition) is 0. The summed E-state index contributed by atoms with van der Waals surface area (Å²) in [5, 5.41) is 2.28. The second kappa shape index (κ2) is 1.96. The predicted octanol–water partition coefficient (Wildman–Crippen LogP) is 3.02. The van der Waals surface area contributed by atoms with Crippen molar-refractivity contribution in [3.05, 3.63) is 27.5 Å². The quantitative estimate of drug-likeness (QED) is 0.533. The van der Waals surface area contributed by atoms with Gasteiger partial charge in [-0.3, -0.25) is 0 Å². The summed E-state index contributed by atoms with van der Waals surface area (Å²) in [4.78, 5) is 1.47. The van der Waals surface area contributed by atoms with Gasteiger partial charge in [0.05, 0.1) is 0 Å². The van der Waals surface area contributed by atoms with Gasteiger partial charge in [-0.05, 0) is 42.3 Å². The second-order valence-electron chi connectivity index (χ2n) is 2.78. The Labute approximate surface area is 65.2 Å². The Morgan fingerprint density at radius 1 is 1.40 bits per heavy atom. The molecule has 0 N–H and O–H groups in total. The molecule has 0 saturated heterocycles. The van der Waals surface area contributed by atoms with Crippen LogP contribution in [-0.2, 0) is 6.42 Å². The number of rotatable bonds is 0. The Balaban J connectivity index is 2.66. The SMILES string of the molecule is CC1=CCc2csc(C)c21. The number of allylic oxidation sites excluding steroid dienone is 2. The maximum absolute atomic E-state index is 2.31. The molecule has 0 amide bonds. The summed E-state index contributed by atoms with van der Waals surface area (Å²) >= 11 is 1.87. The van der Waals surface area contributed by atoms with Crippen molar-refractivity contribution in [1.29, 1.82) is 0 Å². The third-order valence-corrected chi connectivity index (χ3v) is 3.03. The van der Waals surface area contributed by atoms with Gasteiger partial charge in [-0.2, -0.15) is 0 Å². The molecule has 1 heterocycles. The summed E-state index contributed by atoms with van der Waals surface area (Å²) < 4.78 is 0. The van der Waals surface area contributed by atoms with Crippen LogP contribution in [0.4, 0.5) is 0 Å². The minimum absolute atomic E-state index is 1.16. The summed E-state index contributed by atoms with van der Waals surface area (Å²) in [6.07, 6.45) is 3.47. The Bertz CT molecular complexity index is 292. The number of thiophene rings is 1. The fourth-order valence-electron chi connectivity index (χ4n) is 1.55. The highest BCUT2D eigenvalue weighted by Gasteiger charge is 2.13. The number of hydrogen-bond acceptors (Lipinski definition) is 1. The molecule has 0 unspecified atom stereocenters. The molecule has 0 fully saturated rings. The van der Waals surface area contributed by atoms with Gasteiger partial charge in [0, 0.05) is 4.88 Å². The van der Waals surface area contributed by atoms with E-state index in [1.54, 1.807) is 0 Å². The molecule has 0 saturated carbocycles. The fraction of sp³-hybridized carbons (Fsp3) is 0.333. The van der Waals surface area contributed by atoms with Crippen LogP contribution in [-0.4, -0.2) is 0 Å². The van der Waals surface area contributed by atoms with E-state index in [9.17, 15) is 0 Å². The lowest BCUT2D eigenvalue weighted by Crippen LogP contribution is -1.75. The first-order valence-corrected chi connectivity index (χ1v) is 4.41. The number of aryl methyl sites for hydroxylation is 1. The highest BCUT2D eigenvalue weighted by Crippen LogP contribution is 2.33. The van der Waals surface area contributed by atoms with Gasteiger partial charge in [-0.25, -0.2) is 0 Å². The predicted molar refractivity (Wildman–Crippen MR) is 46.4 cm³/mol. The van der Waals surface area contributed by atoms with Gasteiger partial charge in [-0.1, -0.05) is 6.08 Å². The van der Waals surface area contributed by atoms with Gasteiger partial charge < -0.3 is 0 Å². The maximum atomic E-state index is 2.31. The van der Waals surface area contributed by atoms with Crippen molar-refractivity contribution in [3.63, 3.8) is 0 Å². The normalized spacial score (nSPS) is 15.2. The van der Waals surface area contributed by atoms with Crippen LogP contribution in [0.1, 0.15) is 22.9 Å². The topological polar surface area (TPSA) is 0 Å².